The summed E-state index contributed by atoms with van der Waals surface area (Å²) in [5.74, 6) is 0. The van der Waals surface area contributed by atoms with Gasteiger partial charge >= 0.3 is 0 Å². The molecule has 0 spiro atoms. The summed E-state index contributed by atoms with van der Waals surface area (Å²) >= 11 is 0. The molecule has 4 heteroatoms. The maximum Gasteiger partial charge on any atom is 0.0741 e. The Balaban J connectivity index is 1.68. The highest BCUT2D eigenvalue weighted by Gasteiger charge is 2.28. The predicted octanol–water partition coefficient (Wildman–Crippen LogP) is 0.646. The minimum Gasteiger partial charge on any atom is -0.389 e. The van der Waals surface area contributed by atoms with E-state index in [2.05, 4.69) is 9.80 Å². The summed E-state index contributed by atoms with van der Waals surface area (Å²) in [7, 11) is 0. The highest BCUT2D eigenvalue weighted by molar-refractivity contribution is 4.85. The van der Waals surface area contributed by atoms with Crippen molar-refractivity contribution in [2.75, 3.05) is 39.3 Å². The summed E-state index contributed by atoms with van der Waals surface area (Å²) in [5, 5.41) is 9.89. The number of fused-ring (bicyclic) bond motifs is 1. The van der Waals surface area contributed by atoms with Crippen molar-refractivity contribution >= 4 is 0 Å². The summed E-state index contributed by atoms with van der Waals surface area (Å²) in [4.78, 5) is 5.23. The number of hydrogen-bond acceptors (Lipinski definition) is 4. The Morgan fingerprint density at radius 3 is 2.89 bits per heavy atom. The number of nitrogens with zero attached hydrogens (tertiary/aromatic N) is 2. The van der Waals surface area contributed by atoms with Crippen LogP contribution in [-0.2, 0) is 0 Å². The molecule has 0 bridgehead atoms. The SMILES string of the molecule is CC(O)(CN)CCCN1CCN2CCCCC2C1. The zero-order valence-corrected chi connectivity index (χ0v) is 11.8. The Morgan fingerprint density at radius 2 is 2.11 bits per heavy atom. The van der Waals surface area contributed by atoms with Crippen LogP contribution in [0, 0.1) is 0 Å². The number of piperidine rings is 1. The largest absolute Gasteiger partial charge is 0.389 e. The van der Waals surface area contributed by atoms with E-state index in [1.165, 1.54) is 45.4 Å². The Morgan fingerprint density at radius 1 is 1.28 bits per heavy atom. The van der Waals surface area contributed by atoms with E-state index in [9.17, 15) is 5.11 Å². The number of hydrogen-bond donors (Lipinski definition) is 2. The Kier molecular flexibility index (Phi) is 5.01. The molecule has 0 saturated carbocycles. The minimum atomic E-state index is -0.674. The molecule has 106 valence electrons. The first kappa shape index (κ1) is 14.3. The monoisotopic (exact) mass is 255 g/mol. The van der Waals surface area contributed by atoms with E-state index in [4.69, 9.17) is 5.73 Å². The molecule has 0 amide bonds. The lowest BCUT2D eigenvalue weighted by Gasteiger charge is -2.44. The van der Waals surface area contributed by atoms with Gasteiger partial charge in [0.05, 0.1) is 5.60 Å². The van der Waals surface area contributed by atoms with E-state index in [1.807, 2.05) is 6.92 Å². The fourth-order valence-electron chi connectivity index (χ4n) is 3.21. The third-order valence-corrected chi connectivity index (χ3v) is 4.55. The lowest BCUT2D eigenvalue weighted by molar-refractivity contribution is 0.0339. The molecule has 0 aliphatic carbocycles. The second kappa shape index (κ2) is 6.33. The van der Waals surface area contributed by atoms with Crippen molar-refractivity contribution in [3.05, 3.63) is 0 Å². The Hall–Kier alpha value is -0.160. The molecule has 2 rings (SSSR count). The average Bonchev–Trinajstić information content (AvgIpc) is 2.38. The molecule has 0 aromatic heterocycles. The van der Waals surface area contributed by atoms with Gasteiger partial charge in [0.2, 0.25) is 0 Å². The van der Waals surface area contributed by atoms with Crippen LogP contribution in [0.2, 0.25) is 0 Å². The first-order valence-electron chi connectivity index (χ1n) is 7.49. The van der Waals surface area contributed by atoms with Gasteiger partial charge in [-0.05, 0) is 45.7 Å². The summed E-state index contributed by atoms with van der Waals surface area (Å²) < 4.78 is 0. The fourth-order valence-corrected chi connectivity index (χ4v) is 3.21. The normalized spacial score (nSPS) is 29.8. The van der Waals surface area contributed by atoms with Crippen LogP contribution in [0.3, 0.4) is 0 Å². The quantitative estimate of drug-likeness (QED) is 0.757. The maximum absolute atomic E-state index is 9.89. The molecule has 0 aromatic carbocycles. The molecule has 2 fully saturated rings. The Bertz CT molecular complexity index is 257. The van der Waals surface area contributed by atoms with Crippen LogP contribution < -0.4 is 5.73 Å². The summed E-state index contributed by atoms with van der Waals surface area (Å²) in [6, 6.07) is 0.794. The van der Waals surface area contributed by atoms with Crippen molar-refractivity contribution in [2.24, 2.45) is 5.73 Å². The lowest BCUT2D eigenvalue weighted by atomic mass is 9.98. The van der Waals surface area contributed by atoms with Crippen molar-refractivity contribution in [3.63, 3.8) is 0 Å². The van der Waals surface area contributed by atoms with Gasteiger partial charge in [-0.1, -0.05) is 6.42 Å². The van der Waals surface area contributed by atoms with Gasteiger partial charge in [-0.15, -0.1) is 0 Å². The van der Waals surface area contributed by atoms with Gasteiger partial charge in [0, 0.05) is 32.2 Å². The molecule has 2 aliphatic heterocycles. The Labute approximate surface area is 111 Å². The number of piperazine rings is 1. The molecule has 2 aliphatic rings. The van der Waals surface area contributed by atoms with Gasteiger partial charge in [-0.25, -0.2) is 0 Å². The first-order chi connectivity index (χ1) is 8.61. The van der Waals surface area contributed by atoms with E-state index < -0.39 is 5.60 Å². The molecular formula is C14H29N3O. The van der Waals surface area contributed by atoms with Crippen LogP contribution in [0.4, 0.5) is 0 Å². The van der Waals surface area contributed by atoms with Gasteiger partial charge in [0.1, 0.15) is 0 Å². The molecule has 2 unspecified atom stereocenters. The highest BCUT2D eigenvalue weighted by Crippen LogP contribution is 2.21. The number of rotatable bonds is 5. The van der Waals surface area contributed by atoms with Gasteiger partial charge in [0.15, 0.2) is 0 Å². The van der Waals surface area contributed by atoms with E-state index >= 15 is 0 Å². The fraction of sp³-hybridized carbons (Fsp3) is 1.00. The lowest BCUT2D eigenvalue weighted by Crippen LogP contribution is -2.54. The average molecular weight is 255 g/mol. The molecule has 0 aromatic rings. The zero-order chi connectivity index (χ0) is 13.0. The van der Waals surface area contributed by atoms with Crippen molar-refractivity contribution in [1.29, 1.82) is 0 Å². The molecule has 2 atom stereocenters. The molecule has 2 saturated heterocycles. The van der Waals surface area contributed by atoms with Crippen LogP contribution in [0.5, 0.6) is 0 Å². The van der Waals surface area contributed by atoms with Gasteiger partial charge in [-0.3, -0.25) is 4.90 Å². The van der Waals surface area contributed by atoms with Crippen LogP contribution >= 0.6 is 0 Å². The van der Waals surface area contributed by atoms with E-state index in [1.54, 1.807) is 0 Å². The van der Waals surface area contributed by atoms with E-state index in [0.717, 1.165) is 25.4 Å². The standard InChI is InChI=1S/C14H29N3O/c1-14(18,12-15)6-4-7-16-9-10-17-8-3-2-5-13(17)11-16/h13,18H,2-12,15H2,1H3. The second-order valence-electron chi connectivity index (χ2n) is 6.29. The van der Waals surface area contributed by atoms with Crippen molar-refractivity contribution in [1.82, 2.24) is 9.80 Å². The minimum absolute atomic E-state index is 0.364. The smallest absolute Gasteiger partial charge is 0.0741 e. The van der Waals surface area contributed by atoms with Crippen LogP contribution in [-0.4, -0.2) is 65.8 Å². The molecule has 3 N–H and O–H groups in total. The van der Waals surface area contributed by atoms with Crippen LogP contribution in [0.25, 0.3) is 0 Å². The third kappa shape index (κ3) is 3.92. The van der Waals surface area contributed by atoms with Crippen molar-refractivity contribution in [3.8, 4) is 0 Å². The first-order valence-corrected chi connectivity index (χ1v) is 7.49. The summed E-state index contributed by atoms with van der Waals surface area (Å²) in [6.07, 6.45) is 6.02. The van der Waals surface area contributed by atoms with E-state index in [-0.39, 0.29) is 0 Å². The number of nitrogens with two attached hydrogens (primary N) is 1. The topological polar surface area (TPSA) is 52.7 Å². The third-order valence-electron chi connectivity index (χ3n) is 4.55. The zero-order valence-electron chi connectivity index (χ0n) is 11.8. The molecular weight excluding hydrogens is 226 g/mol. The van der Waals surface area contributed by atoms with Gasteiger partial charge in [0.25, 0.3) is 0 Å². The molecule has 18 heavy (non-hydrogen) atoms. The van der Waals surface area contributed by atoms with Gasteiger partial charge < -0.3 is 15.7 Å². The van der Waals surface area contributed by atoms with E-state index in [0.29, 0.717) is 6.54 Å². The van der Waals surface area contributed by atoms with Crippen LogP contribution in [0.15, 0.2) is 0 Å². The van der Waals surface area contributed by atoms with Crippen molar-refractivity contribution in [2.45, 2.75) is 50.7 Å². The molecule has 2 heterocycles. The summed E-state index contributed by atoms with van der Waals surface area (Å²) in [6.45, 7) is 8.28. The highest BCUT2D eigenvalue weighted by atomic mass is 16.3. The van der Waals surface area contributed by atoms with Crippen LogP contribution in [0.1, 0.15) is 39.0 Å². The number of aliphatic hydroxyl groups is 1. The van der Waals surface area contributed by atoms with Gasteiger partial charge in [-0.2, -0.15) is 0 Å². The maximum atomic E-state index is 9.89. The summed E-state index contributed by atoms with van der Waals surface area (Å²) in [5.41, 5.74) is 4.87. The molecule has 4 nitrogen and oxygen atoms in total. The van der Waals surface area contributed by atoms with Crippen molar-refractivity contribution < 1.29 is 5.11 Å². The molecule has 0 radical (unpaired) electrons. The second-order valence-corrected chi connectivity index (χ2v) is 6.29. The predicted molar refractivity (Wildman–Crippen MR) is 74.6 cm³/mol.